The van der Waals surface area contributed by atoms with Crippen LogP contribution >= 0.6 is 0 Å². The number of nitrogens with zero attached hydrogens (tertiary/aromatic N) is 1. The highest BCUT2D eigenvalue weighted by Crippen LogP contribution is 2.32. The van der Waals surface area contributed by atoms with Crippen LogP contribution in [0.1, 0.15) is 61.9 Å². The molecule has 1 spiro atoms. The number of hydrazine groups is 1. The molecule has 2 fully saturated rings. The van der Waals surface area contributed by atoms with Gasteiger partial charge in [-0.2, -0.15) is 5.01 Å². The molecule has 3 rings (SSSR count). The van der Waals surface area contributed by atoms with Gasteiger partial charge >= 0.3 is 12.0 Å². The monoisotopic (exact) mass is 417 g/mol. The van der Waals surface area contributed by atoms with Gasteiger partial charge in [-0.25, -0.2) is 9.59 Å². The van der Waals surface area contributed by atoms with Crippen molar-refractivity contribution in [1.82, 2.24) is 15.8 Å². The Kier molecular flexibility index (Phi) is 6.71. The molecule has 1 saturated carbocycles. The summed E-state index contributed by atoms with van der Waals surface area (Å²) >= 11 is 0. The van der Waals surface area contributed by atoms with E-state index in [1.165, 1.54) is 0 Å². The fraction of sp³-hybridized carbons (Fsp3) is 0.524. The van der Waals surface area contributed by atoms with E-state index in [-0.39, 0.29) is 11.7 Å². The normalized spacial score (nSPS) is 17.9. The smallest absolute Gasteiger partial charge is 0.344 e. The maximum atomic E-state index is 12.6. The van der Waals surface area contributed by atoms with Gasteiger partial charge in [-0.05, 0) is 44.4 Å². The van der Waals surface area contributed by atoms with Crippen LogP contribution in [0, 0.1) is 0 Å². The highest BCUT2D eigenvalue weighted by Gasteiger charge is 2.52. The molecule has 162 valence electrons. The van der Waals surface area contributed by atoms with Crippen molar-refractivity contribution in [3.8, 4) is 0 Å². The molecule has 1 heterocycles. The number of urea groups is 1. The number of carbonyl (C=O) groups excluding carboxylic acids is 4. The molecule has 0 atom stereocenters. The predicted molar refractivity (Wildman–Crippen MR) is 106 cm³/mol. The number of imide groups is 1. The number of benzene rings is 1. The van der Waals surface area contributed by atoms with E-state index in [4.69, 9.17) is 9.47 Å². The summed E-state index contributed by atoms with van der Waals surface area (Å²) in [7, 11) is 0. The zero-order chi connectivity index (χ0) is 21.7. The molecule has 0 bridgehead atoms. The first-order valence-corrected chi connectivity index (χ1v) is 10.1. The molecule has 1 aliphatic carbocycles. The van der Waals surface area contributed by atoms with E-state index in [1.54, 1.807) is 24.3 Å². The molecule has 30 heavy (non-hydrogen) atoms. The minimum Gasteiger partial charge on any atom is -0.452 e. The number of nitrogens with one attached hydrogen (secondary N) is 2. The molecule has 2 aliphatic rings. The summed E-state index contributed by atoms with van der Waals surface area (Å²) in [4.78, 5) is 49.0. The summed E-state index contributed by atoms with van der Waals surface area (Å²) in [6.07, 6.45) is 3.90. The minimum atomic E-state index is -0.930. The third-order valence-corrected chi connectivity index (χ3v) is 5.21. The van der Waals surface area contributed by atoms with Crippen molar-refractivity contribution in [2.45, 2.75) is 64.2 Å². The van der Waals surface area contributed by atoms with E-state index in [0.717, 1.165) is 24.8 Å². The summed E-state index contributed by atoms with van der Waals surface area (Å²) in [6.45, 7) is 3.69. The van der Waals surface area contributed by atoms with Crippen LogP contribution in [0.5, 0.6) is 0 Å². The van der Waals surface area contributed by atoms with Gasteiger partial charge in [-0.3, -0.25) is 15.0 Å². The van der Waals surface area contributed by atoms with Gasteiger partial charge in [0.15, 0.2) is 6.61 Å². The van der Waals surface area contributed by atoms with Crippen molar-refractivity contribution >= 4 is 23.8 Å². The highest BCUT2D eigenvalue weighted by molar-refractivity contribution is 6.08. The Hall–Kier alpha value is -2.94. The lowest BCUT2D eigenvalue weighted by atomic mass is 9.82. The Balaban J connectivity index is 1.49. The standard InChI is InChI=1S/C21H27N3O6/c1-14(2)29-12-15-6-8-16(9-7-15)18(26)30-13-17(25)23-24-19(27)21(22-20(24)28)10-4-3-5-11-21/h6-9,14H,3-5,10-13H2,1-2H3,(H,22,28)(H,23,25). The quantitative estimate of drug-likeness (QED) is 0.518. The zero-order valence-corrected chi connectivity index (χ0v) is 17.2. The van der Waals surface area contributed by atoms with Crippen LogP contribution in [-0.4, -0.2) is 47.1 Å². The third kappa shape index (κ3) is 4.96. The van der Waals surface area contributed by atoms with Crippen LogP contribution in [0.4, 0.5) is 4.79 Å². The van der Waals surface area contributed by atoms with Crippen molar-refractivity contribution in [3.05, 3.63) is 35.4 Å². The largest absolute Gasteiger partial charge is 0.452 e. The van der Waals surface area contributed by atoms with Gasteiger partial charge in [0.1, 0.15) is 5.54 Å². The molecular formula is C21H27N3O6. The number of hydrogen-bond donors (Lipinski definition) is 2. The van der Waals surface area contributed by atoms with Crippen molar-refractivity contribution < 1.29 is 28.7 Å². The Bertz CT molecular complexity index is 815. The average molecular weight is 417 g/mol. The molecule has 1 aromatic carbocycles. The summed E-state index contributed by atoms with van der Waals surface area (Å²) in [5.41, 5.74) is 2.50. The lowest BCUT2D eigenvalue weighted by Crippen LogP contribution is -2.51. The third-order valence-electron chi connectivity index (χ3n) is 5.21. The zero-order valence-electron chi connectivity index (χ0n) is 17.2. The molecule has 4 amide bonds. The first kappa shape index (κ1) is 21.8. The molecule has 0 unspecified atom stereocenters. The van der Waals surface area contributed by atoms with Gasteiger partial charge in [-0.1, -0.05) is 31.4 Å². The van der Waals surface area contributed by atoms with Crippen LogP contribution in [0.2, 0.25) is 0 Å². The average Bonchev–Trinajstić information content (AvgIpc) is 2.95. The lowest BCUT2D eigenvalue weighted by Gasteiger charge is -2.30. The van der Waals surface area contributed by atoms with Crippen molar-refractivity contribution in [1.29, 1.82) is 0 Å². The lowest BCUT2D eigenvalue weighted by molar-refractivity contribution is -0.140. The van der Waals surface area contributed by atoms with Crippen LogP contribution in [0.25, 0.3) is 0 Å². The predicted octanol–water partition coefficient (Wildman–Crippen LogP) is 2.05. The Morgan fingerprint density at radius 1 is 1.13 bits per heavy atom. The Morgan fingerprint density at radius 2 is 1.80 bits per heavy atom. The highest BCUT2D eigenvalue weighted by atomic mass is 16.5. The van der Waals surface area contributed by atoms with E-state index >= 15 is 0 Å². The van der Waals surface area contributed by atoms with Crippen molar-refractivity contribution in [3.63, 3.8) is 0 Å². The fourth-order valence-electron chi connectivity index (χ4n) is 3.59. The molecule has 9 nitrogen and oxygen atoms in total. The number of hydrogen-bond acceptors (Lipinski definition) is 6. The summed E-state index contributed by atoms with van der Waals surface area (Å²) in [5.74, 6) is -1.91. The molecule has 2 N–H and O–H groups in total. The van der Waals surface area contributed by atoms with Crippen LogP contribution in [0.3, 0.4) is 0 Å². The van der Waals surface area contributed by atoms with Gasteiger partial charge in [0, 0.05) is 0 Å². The summed E-state index contributed by atoms with van der Waals surface area (Å²) in [6, 6.07) is 6.00. The Morgan fingerprint density at radius 3 is 2.43 bits per heavy atom. The summed E-state index contributed by atoms with van der Waals surface area (Å²) < 4.78 is 10.5. The molecule has 0 aromatic heterocycles. The van der Waals surface area contributed by atoms with Crippen molar-refractivity contribution in [2.75, 3.05) is 6.61 Å². The number of rotatable bonds is 7. The van der Waals surface area contributed by atoms with Gasteiger partial charge in [-0.15, -0.1) is 0 Å². The van der Waals surface area contributed by atoms with Gasteiger partial charge in [0.25, 0.3) is 11.8 Å². The van der Waals surface area contributed by atoms with E-state index in [1.807, 2.05) is 13.8 Å². The molecular weight excluding hydrogens is 390 g/mol. The number of carbonyl (C=O) groups is 4. The van der Waals surface area contributed by atoms with Crippen LogP contribution in [-0.2, 0) is 25.7 Å². The Labute approximate surface area is 175 Å². The fourth-order valence-corrected chi connectivity index (χ4v) is 3.59. The first-order chi connectivity index (χ1) is 14.3. The molecule has 1 aliphatic heterocycles. The van der Waals surface area contributed by atoms with Gasteiger partial charge < -0.3 is 14.8 Å². The number of ether oxygens (including phenoxy) is 2. The number of amides is 4. The van der Waals surface area contributed by atoms with Crippen molar-refractivity contribution in [2.24, 2.45) is 0 Å². The second kappa shape index (κ2) is 9.25. The van der Waals surface area contributed by atoms with E-state index < -0.39 is 36.0 Å². The summed E-state index contributed by atoms with van der Waals surface area (Å²) in [5, 5.41) is 3.38. The number of esters is 1. The van der Waals surface area contributed by atoms with E-state index in [9.17, 15) is 19.2 Å². The molecule has 1 aromatic rings. The van der Waals surface area contributed by atoms with Crippen LogP contribution in [0.15, 0.2) is 24.3 Å². The molecule has 1 saturated heterocycles. The van der Waals surface area contributed by atoms with Gasteiger partial charge in [0.05, 0.1) is 18.3 Å². The van der Waals surface area contributed by atoms with E-state index in [2.05, 4.69) is 10.7 Å². The maximum absolute atomic E-state index is 12.6. The van der Waals surface area contributed by atoms with E-state index in [0.29, 0.717) is 24.5 Å². The second-order valence-electron chi connectivity index (χ2n) is 7.88. The van der Waals surface area contributed by atoms with Crippen LogP contribution < -0.4 is 10.7 Å². The maximum Gasteiger partial charge on any atom is 0.344 e. The molecule has 0 radical (unpaired) electrons. The first-order valence-electron chi connectivity index (χ1n) is 10.1. The topological polar surface area (TPSA) is 114 Å². The SMILES string of the molecule is CC(C)OCc1ccc(C(=O)OCC(=O)NN2C(=O)NC3(CCCCC3)C2=O)cc1. The van der Waals surface area contributed by atoms with Gasteiger partial charge in [0.2, 0.25) is 0 Å². The second-order valence-corrected chi connectivity index (χ2v) is 7.88. The minimum absolute atomic E-state index is 0.103. The molecule has 9 heteroatoms.